The van der Waals surface area contributed by atoms with Crippen molar-refractivity contribution in [1.29, 1.82) is 0 Å². The molecule has 0 amide bonds. The van der Waals surface area contributed by atoms with Gasteiger partial charge in [0.15, 0.2) is 8.32 Å². The smallest absolute Gasteiger partial charge is 0.312 e. The molecule has 0 radical (unpaired) electrons. The van der Waals surface area contributed by atoms with Crippen molar-refractivity contribution in [2.24, 2.45) is 11.8 Å². The van der Waals surface area contributed by atoms with Gasteiger partial charge in [0.25, 0.3) is 0 Å². The van der Waals surface area contributed by atoms with E-state index in [0.717, 1.165) is 12.8 Å². The van der Waals surface area contributed by atoms with Crippen molar-refractivity contribution in [3.63, 3.8) is 0 Å². The van der Waals surface area contributed by atoms with Crippen LogP contribution >= 0.6 is 0 Å². The minimum absolute atomic E-state index is 0.0329. The Bertz CT molecular complexity index is 370. The number of allylic oxidation sites excluding steroid dienone is 1. The molecule has 0 N–H and O–H groups in total. The van der Waals surface area contributed by atoms with E-state index >= 15 is 0 Å². The first-order valence-electron chi connectivity index (χ1n) is 6.89. The number of carbonyl (C=O) groups is 1. The summed E-state index contributed by atoms with van der Waals surface area (Å²) in [6.07, 6.45) is 4.17. The van der Waals surface area contributed by atoms with E-state index in [1.807, 2.05) is 6.92 Å². The largest absolute Gasteiger partial charge is 0.462 e. The van der Waals surface area contributed by atoms with Crippen molar-refractivity contribution in [3.8, 4) is 0 Å². The molecule has 18 heavy (non-hydrogen) atoms. The van der Waals surface area contributed by atoms with Gasteiger partial charge in [-0.3, -0.25) is 4.79 Å². The molecule has 1 fully saturated rings. The number of cyclic esters (lactones) is 1. The van der Waals surface area contributed by atoms with Crippen molar-refractivity contribution in [3.05, 3.63) is 11.6 Å². The van der Waals surface area contributed by atoms with Crippen LogP contribution in [-0.2, 0) is 14.0 Å². The average Bonchev–Trinajstić information content (AvgIpc) is 2.52. The van der Waals surface area contributed by atoms with Crippen LogP contribution in [0.1, 0.15) is 26.7 Å². The second-order valence-corrected chi connectivity index (χ2v) is 10.9. The number of rotatable bonds is 3. The number of hydrogen-bond acceptors (Lipinski definition) is 3. The molecule has 1 aliphatic carbocycles. The molecular weight excluding hydrogens is 244 g/mol. The van der Waals surface area contributed by atoms with Gasteiger partial charge in [-0.1, -0.05) is 18.6 Å². The first-order valence-corrected chi connectivity index (χ1v) is 10.3. The lowest BCUT2D eigenvalue weighted by atomic mass is 9.76. The Balaban J connectivity index is 2.26. The Morgan fingerprint density at radius 1 is 1.44 bits per heavy atom. The van der Waals surface area contributed by atoms with Gasteiger partial charge in [0.1, 0.15) is 6.10 Å². The summed E-state index contributed by atoms with van der Waals surface area (Å²) < 4.78 is 11.6. The molecule has 0 unspecified atom stereocenters. The van der Waals surface area contributed by atoms with Crippen molar-refractivity contribution in [2.75, 3.05) is 0 Å². The van der Waals surface area contributed by atoms with Crippen molar-refractivity contribution in [2.45, 2.75) is 58.5 Å². The standard InChI is InChI=1S/C14H24O3Si/c1-6-10-7-11-9(2)16-14(15)13(11)12(8-10)17-18(3,4)5/h8-9,11-13H,6-7H2,1-5H3/t9-,11-,12+,13+/m0/s1. The lowest BCUT2D eigenvalue weighted by Crippen LogP contribution is -2.41. The first kappa shape index (κ1) is 13.8. The lowest BCUT2D eigenvalue weighted by Gasteiger charge is -2.34. The molecule has 0 bridgehead atoms. The predicted octanol–water partition coefficient (Wildman–Crippen LogP) is 3.12. The van der Waals surface area contributed by atoms with Gasteiger partial charge in [0, 0.05) is 5.92 Å². The van der Waals surface area contributed by atoms with Crippen LogP contribution in [0.25, 0.3) is 0 Å². The third-order valence-electron chi connectivity index (χ3n) is 3.83. The average molecular weight is 268 g/mol. The second kappa shape index (κ2) is 4.81. The van der Waals surface area contributed by atoms with E-state index in [4.69, 9.17) is 9.16 Å². The minimum atomic E-state index is -1.65. The summed E-state index contributed by atoms with van der Waals surface area (Å²) >= 11 is 0. The van der Waals surface area contributed by atoms with Crippen LogP contribution in [0.3, 0.4) is 0 Å². The van der Waals surface area contributed by atoms with Crippen molar-refractivity contribution < 1.29 is 14.0 Å². The van der Waals surface area contributed by atoms with E-state index in [1.165, 1.54) is 5.57 Å². The number of ether oxygens (including phenoxy) is 1. The lowest BCUT2D eigenvalue weighted by molar-refractivity contribution is -0.145. The van der Waals surface area contributed by atoms with Gasteiger partial charge in [-0.15, -0.1) is 0 Å². The van der Waals surface area contributed by atoms with Gasteiger partial charge in [-0.2, -0.15) is 0 Å². The SMILES string of the molecule is CCC1=C[C@@H](O[Si](C)(C)C)[C@@H]2C(=O)O[C@@H](C)[C@@H]2C1. The highest BCUT2D eigenvalue weighted by atomic mass is 28.4. The van der Waals surface area contributed by atoms with Gasteiger partial charge < -0.3 is 9.16 Å². The first-order chi connectivity index (χ1) is 8.31. The molecule has 3 nitrogen and oxygen atoms in total. The molecule has 1 heterocycles. The van der Waals surface area contributed by atoms with Crippen LogP contribution < -0.4 is 0 Å². The van der Waals surface area contributed by atoms with Crippen molar-refractivity contribution >= 4 is 14.3 Å². The van der Waals surface area contributed by atoms with E-state index in [0.29, 0.717) is 5.92 Å². The minimum Gasteiger partial charge on any atom is -0.462 e. The molecule has 0 spiro atoms. The number of fused-ring (bicyclic) bond motifs is 1. The zero-order valence-corrected chi connectivity index (χ0v) is 13.0. The van der Waals surface area contributed by atoms with E-state index in [-0.39, 0.29) is 24.1 Å². The highest BCUT2D eigenvalue weighted by Crippen LogP contribution is 2.42. The Labute approximate surface area is 111 Å². The molecule has 0 aromatic heterocycles. The van der Waals surface area contributed by atoms with Crippen LogP contribution in [-0.4, -0.2) is 26.5 Å². The van der Waals surface area contributed by atoms with E-state index in [9.17, 15) is 4.79 Å². The Kier molecular flexibility index (Phi) is 3.69. The molecule has 2 rings (SSSR count). The summed E-state index contributed by atoms with van der Waals surface area (Å²) in [6.45, 7) is 10.7. The van der Waals surface area contributed by atoms with Crippen LogP contribution in [0.2, 0.25) is 19.6 Å². The fourth-order valence-corrected chi connectivity index (χ4v) is 4.00. The fraction of sp³-hybridized carbons (Fsp3) is 0.786. The Morgan fingerprint density at radius 3 is 2.67 bits per heavy atom. The Morgan fingerprint density at radius 2 is 2.11 bits per heavy atom. The van der Waals surface area contributed by atoms with Gasteiger partial charge in [0.05, 0.1) is 12.0 Å². The van der Waals surface area contributed by atoms with E-state index in [2.05, 4.69) is 32.6 Å². The molecule has 1 aliphatic heterocycles. The maximum atomic E-state index is 12.0. The van der Waals surface area contributed by atoms with Gasteiger partial charge in [-0.05, 0) is 39.4 Å². The summed E-state index contributed by atoms with van der Waals surface area (Å²) in [7, 11) is -1.65. The quantitative estimate of drug-likeness (QED) is 0.448. The van der Waals surface area contributed by atoms with Gasteiger partial charge >= 0.3 is 5.97 Å². The third kappa shape index (κ3) is 2.69. The van der Waals surface area contributed by atoms with Crippen LogP contribution in [0, 0.1) is 11.8 Å². The van der Waals surface area contributed by atoms with Gasteiger partial charge in [0.2, 0.25) is 0 Å². The second-order valence-electron chi connectivity index (χ2n) is 6.41. The number of carbonyl (C=O) groups excluding carboxylic acids is 1. The topological polar surface area (TPSA) is 35.5 Å². The fourth-order valence-electron chi connectivity index (χ4n) is 2.97. The summed E-state index contributed by atoms with van der Waals surface area (Å²) in [5, 5.41) is 0. The Hall–Kier alpha value is -0.613. The molecule has 0 aromatic rings. The van der Waals surface area contributed by atoms with Gasteiger partial charge in [-0.25, -0.2) is 0 Å². The molecule has 0 saturated carbocycles. The predicted molar refractivity (Wildman–Crippen MR) is 73.7 cm³/mol. The van der Waals surface area contributed by atoms with Crippen LogP contribution in [0.5, 0.6) is 0 Å². The zero-order chi connectivity index (χ0) is 13.5. The summed E-state index contributed by atoms with van der Waals surface area (Å²) in [5.74, 6) is 0.156. The van der Waals surface area contributed by atoms with Crippen molar-refractivity contribution in [1.82, 2.24) is 0 Å². The number of esters is 1. The number of hydrogen-bond donors (Lipinski definition) is 0. The summed E-state index contributed by atoms with van der Waals surface area (Å²) in [4.78, 5) is 12.0. The molecule has 2 aliphatic rings. The van der Waals surface area contributed by atoms with Crippen LogP contribution in [0.4, 0.5) is 0 Å². The molecule has 0 aromatic carbocycles. The van der Waals surface area contributed by atoms with Crippen LogP contribution in [0.15, 0.2) is 11.6 Å². The van der Waals surface area contributed by atoms with E-state index < -0.39 is 8.32 Å². The highest BCUT2D eigenvalue weighted by Gasteiger charge is 2.49. The summed E-state index contributed by atoms with van der Waals surface area (Å²) in [5.41, 5.74) is 1.41. The monoisotopic (exact) mass is 268 g/mol. The molecule has 102 valence electrons. The maximum absolute atomic E-state index is 12.0. The molecular formula is C14H24O3Si. The third-order valence-corrected chi connectivity index (χ3v) is 4.81. The zero-order valence-electron chi connectivity index (χ0n) is 12.0. The summed E-state index contributed by atoms with van der Waals surface area (Å²) in [6, 6.07) is 0. The molecule has 4 atom stereocenters. The molecule has 4 heteroatoms. The highest BCUT2D eigenvalue weighted by molar-refractivity contribution is 6.69. The normalized spacial score (nSPS) is 36.1. The maximum Gasteiger partial charge on any atom is 0.312 e. The van der Waals surface area contributed by atoms with E-state index in [1.54, 1.807) is 0 Å². The molecule has 1 saturated heterocycles.